The number of benzene rings is 1. The first-order valence-electron chi connectivity index (χ1n) is 8.43. The Balaban J connectivity index is 1.66. The molecule has 1 N–H and O–H groups in total. The summed E-state index contributed by atoms with van der Waals surface area (Å²) in [6.07, 6.45) is 4.25. The molecule has 1 aromatic heterocycles. The number of carbonyl (C=O) groups excluding carboxylic acids is 2. The third kappa shape index (κ3) is 3.58. The zero-order valence-electron chi connectivity index (χ0n) is 14.6. The van der Waals surface area contributed by atoms with Gasteiger partial charge in [-0.3, -0.25) is 14.2 Å². The lowest BCUT2D eigenvalue weighted by Gasteiger charge is -2.31. The van der Waals surface area contributed by atoms with Gasteiger partial charge in [-0.15, -0.1) is 0 Å². The fourth-order valence-electron chi connectivity index (χ4n) is 3.01. The van der Waals surface area contributed by atoms with E-state index in [1.807, 2.05) is 0 Å². The lowest BCUT2D eigenvalue weighted by atomic mass is 9.97. The highest BCUT2D eigenvalue weighted by molar-refractivity contribution is 5.94. The molecule has 0 bridgehead atoms. The SMILES string of the molecule is C=CC(=O)N1CCCC(C(=O)Nc2ccc(-n3ncn(C)c3=O)cc2)C1. The van der Waals surface area contributed by atoms with Crippen LogP contribution in [0.2, 0.25) is 0 Å². The van der Waals surface area contributed by atoms with Crippen molar-refractivity contribution in [3.05, 3.63) is 53.7 Å². The number of amides is 2. The molecule has 1 aliphatic rings. The maximum absolute atomic E-state index is 12.5. The van der Waals surface area contributed by atoms with Crippen molar-refractivity contribution >= 4 is 17.5 Å². The van der Waals surface area contributed by atoms with Gasteiger partial charge < -0.3 is 10.2 Å². The molecule has 2 heterocycles. The first-order chi connectivity index (χ1) is 12.5. The molecule has 0 aliphatic carbocycles. The predicted octanol–water partition coefficient (Wildman–Crippen LogP) is 0.934. The third-order valence-corrected chi connectivity index (χ3v) is 4.48. The van der Waals surface area contributed by atoms with Crippen LogP contribution in [0.5, 0.6) is 0 Å². The molecule has 1 fully saturated rings. The van der Waals surface area contributed by atoms with Crippen LogP contribution in [-0.2, 0) is 16.6 Å². The summed E-state index contributed by atoms with van der Waals surface area (Å²) in [5.41, 5.74) is 1.01. The molecule has 1 aromatic carbocycles. The summed E-state index contributed by atoms with van der Waals surface area (Å²) < 4.78 is 2.67. The Labute approximate surface area is 150 Å². The van der Waals surface area contributed by atoms with Crippen molar-refractivity contribution in [2.45, 2.75) is 12.8 Å². The molecule has 8 nitrogen and oxygen atoms in total. The molecule has 0 saturated carbocycles. The first kappa shape index (κ1) is 17.7. The number of aryl methyl sites for hydroxylation is 1. The summed E-state index contributed by atoms with van der Waals surface area (Å²) >= 11 is 0. The van der Waals surface area contributed by atoms with Crippen LogP contribution in [0.25, 0.3) is 5.69 Å². The Kier molecular flexibility index (Phi) is 5.01. The van der Waals surface area contributed by atoms with Crippen molar-refractivity contribution in [2.75, 3.05) is 18.4 Å². The summed E-state index contributed by atoms with van der Waals surface area (Å²) in [5.74, 6) is -0.507. The van der Waals surface area contributed by atoms with Gasteiger partial charge in [-0.1, -0.05) is 6.58 Å². The van der Waals surface area contributed by atoms with E-state index in [-0.39, 0.29) is 23.4 Å². The summed E-state index contributed by atoms with van der Waals surface area (Å²) in [7, 11) is 1.63. The van der Waals surface area contributed by atoms with Gasteiger partial charge in [-0.25, -0.2) is 4.79 Å². The first-order valence-corrected chi connectivity index (χ1v) is 8.43. The number of hydrogen-bond acceptors (Lipinski definition) is 4. The van der Waals surface area contributed by atoms with E-state index in [0.717, 1.165) is 12.8 Å². The minimum atomic E-state index is -0.245. The lowest BCUT2D eigenvalue weighted by molar-refractivity contribution is -0.130. The van der Waals surface area contributed by atoms with Gasteiger partial charge in [-0.2, -0.15) is 9.78 Å². The van der Waals surface area contributed by atoms with Gasteiger partial charge in [-0.05, 0) is 43.2 Å². The Hall–Kier alpha value is -3.16. The van der Waals surface area contributed by atoms with Crippen LogP contribution >= 0.6 is 0 Å². The van der Waals surface area contributed by atoms with E-state index < -0.39 is 0 Å². The van der Waals surface area contributed by atoms with Gasteiger partial charge in [0.05, 0.1) is 11.6 Å². The number of rotatable bonds is 4. The smallest absolute Gasteiger partial charge is 0.338 e. The molecule has 8 heteroatoms. The highest BCUT2D eigenvalue weighted by Crippen LogP contribution is 2.19. The van der Waals surface area contributed by atoms with Gasteiger partial charge in [0.1, 0.15) is 6.33 Å². The van der Waals surface area contributed by atoms with E-state index in [9.17, 15) is 14.4 Å². The largest absolute Gasteiger partial charge is 0.350 e. The number of nitrogens with zero attached hydrogens (tertiary/aromatic N) is 4. The second kappa shape index (κ2) is 7.38. The molecule has 2 amide bonds. The topological polar surface area (TPSA) is 89.2 Å². The summed E-state index contributed by atoms with van der Waals surface area (Å²) in [4.78, 5) is 37.8. The molecule has 0 spiro atoms. The minimum absolute atomic E-state index is 0.116. The summed E-state index contributed by atoms with van der Waals surface area (Å²) in [5, 5.41) is 6.89. The predicted molar refractivity (Wildman–Crippen MR) is 96.9 cm³/mol. The van der Waals surface area contributed by atoms with Gasteiger partial charge in [0.25, 0.3) is 0 Å². The van der Waals surface area contributed by atoms with Crippen molar-refractivity contribution in [2.24, 2.45) is 13.0 Å². The lowest BCUT2D eigenvalue weighted by Crippen LogP contribution is -2.43. The molecule has 26 heavy (non-hydrogen) atoms. The second-order valence-electron chi connectivity index (χ2n) is 6.30. The molecular weight excluding hydrogens is 334 g/mol. The monoisotopic (exact) mass is 355 g/mol. The van der Waals surface area contributed by atoms with Crippen LogP contribution in [0.4, 0.5) is 5.69 Å². The average Bonchev–Trinajstić information content (AvgIpc) is 3.00. The van der Waals surface area contributed by atoms with Crippen LogP contribution < -0.4 is 11.0 Å². The van der Waals surface area contributed by atoms with E-state index in [0.29, 0.717) is 24.5 Å². The van der Waals surface area contributed by atoms with Gasteiger partial charge in [0.2, 0.25) is 11.8 Å². The Morgan fingerprint density at radius 1 is 1.31 bits per heavy atom. The number of anilines is 1. The fourth-order valence-corrected chi connectivity index (χ4v) is 3.01. The molecule has 1 unspecified atom stereocenters. The molecule has 0 radical (unpaired) electrons. The minimum Gasteiger partial charge on any atom is -0.338 e. The van der Waals surface area contributed by atoms with Gasteiger partial charge in [0, 0.05) is 25.8 Å². The number of aromatic nitrogens is 3. The summed E-state index contributed by atoms with van der Waals surface area (Å²) in [6.45, 7) is 4.55. The van der Waals surface area contributed by atoms with Gasteiger partial charge in [0.15, 0.2) is 0 Å². The van der Waals surface area contributed by atoms with Crippen LogP contribution in [0, 0.1) is 5.92 Å². The van der Waals surface area contributed by atoms with Crippen LogP contribution in [0.1, 0.15) is 12.8 Å². The molecule has 1 atom stereocenters. The van der Waals surface area contributed by atoms with E-state index >= 15 is 0 Å². The summed E-state index contributed by atoms with van der Waals surface area (Å²) in [6, 6.07) is 6.89. The van der Waals surface area contributed by atoms with E-state index in [1.165, 1.54) is 21.7 Å². The van der Waals surface area contributed by atoms with Crippen LogP contribution in [0.3, 0.4) is 0 Å². The van der Waals surface area contributed by atoms with Crippen LogP contribution in [-0.4, -0.2) is 44.2 Å². The van der Waals surface area contributed by atoms with Crippen molar-refractivity contribution in [1.29, 1.82) is 0 Å². The molecule has 2 aromatic rings. The van der Waals surface area contributed by atoms with Crippen molar-refractivity contribution in [3.63, 3.8) is 0 Å². The van der Waals surface area contributed by atoms with E-state index in [2.05, 4.69) is 17.0 Å². The fraction of sp³-hybridized carbons (Fsp3) is 0.333. The maximum atomic E-state index is 12.5. The Bertz CT molecular complexity index is 881. The molecular formula is C18H21N5O3. The molecule has 1 aliphatic heterocycles. The number of nitrogens with one attached hydrogen (secondary N) is 1. The number of piperidine rings is 1. The molecule has 136 valence electrons. The second-order valence-corrected chi connectivity index (χ2v) is 6.30. The maximum Gasteiger partial charge on any atom is 0.350 e. The van der Waals surface area contributed by atoms with Crippen molar-refractivity contribution in [1.82, 2.24) is 19.2 Å². The average molecular weight is 355 g/mol. The van der Waals surface area contributed by atoms with E-state index in [1.54, 1.807) is 36.2 Å². The highest BCUT2D eigenvalue weighted by Gasteiger charge is 2.27. The van der Waals surface area contributed by atoms with Crippen molar-refractivity contribution in [3.8, 4) is 5.69 Å². The normalized spacial score (nSPS) is 17.0. The zero-order valence-corrected chi connectivity index (χ0v) is 14.6. The quantitative estimate of drug-likeness (QED) is 0.827. The van der Waals surface area contributed by atoms with Crippen LogP contribution in [0.15, 0.2) is 48.0 Å². The molecule has 1 saturated heterocycles. The standard InChI is InChI=1S/C18H21N5O3/c1-3-16(24)22-10-4-5-13(11-22)17(25)20-14-6-8-15(9-7-14)23-18(26)21(2)12-19-23/h3,6-9,12-13H,1,4-5,10-11H2,2H3,(H,20,25). The zero-order chi connectivity index (χ0) is 18.7. The Morgan fingerprint density at radius 3 is 2.65 bits per heavy atom. The third-order valence-electron chi connectivity index (χ3n) is 4.48. The number of likely N-dealkylation sites (tertiary alicyclic amines) is 1. The number of carbonyl (C=O) groups is 2. The highest BCUT2D eigenvalue weighted by atomic mass is 16.2. The van der Waals surface area contributed by atoms with Gasteiger partial charge >= 0.3 is 5.69 Å². The number of hydrogen-bond donors (Lipinski definition) is 1. The van der Waals surface area contributed by atoms with E-state index in [4.69, 9.17) is 0 Å². The Morgan fingerprint density at radius 2 is 2.04 bits per heavy atom. The molecule has 3 rings (SSSR count). The van der Waals surface area contributed by atoms with Crippen molar-refractivity contribution < 1.29 is 9.59 Å².